The molecule has 0 saturated carbocycles. The molecule has 20 heavy (non-hydrogen) atoms. The van der Waals surface area contributed by atoms with Gasteiger partial charge in [-0.15, -0.1) is 0 Å². The molecule has 0 saturated heterocycles. The topological polar surface area (TPSA) is 21.3 Å². The number of nitrogens with one attached hydrogen (secondary N) is 1. The molecule has 0 aliphatic rings. The Morgan fingerprint density at radius 1 is 1.05 bits per heavy atom. The van der Waals surface area contributed by atoms with Crippen LogP contribution in [0, 0.1) is 0 Å². The number of likely N-dealkylation sites (N-methyl/N-ethyl adjacent to an activating group) is 1. The summed E-state index contributed by atoms with van der Waals surface area (Å²) in [6.07, 6.45) is 3.20. The van der Waals surface area contributed by atoms with Crippen LogP contribution in [0.1, 0.15) is 25.3 Å². The molecule has 1 N–H and O–H groups in total. The maximum Gasteiger partial charge on any atom is 0.0480 e. The molecule has 0 fully saturated rings. The first-order valence-corrected chi connectivity index (χ1v) is 7.56. The lowest BCUT2D eigenvalue weighted by Crippen LogP contribution is -2.29. The van der Waals surface area contributed by atoms with E-state index in [1.54, 1.807) is 0 Å². The van der Waals surface area contributed by atoms with E-state index < -0.39 is 0 Å². The molecule has 0 radical (unpaired) electrons. The summed E-state index contributed by atoms with van der Waals surface area (Å²) in [6.45, 7) is 3.85. The van der Waals surface area contributed by atoms with Crippen molar-refractivity contribution in [2.45, 2.75) is 32.2 Å². The van der Waals surface area contributed by atoms with Crippen LogP contribution in [0.4, 0.5) is 0 Å². The van der Waals surface area contributed by atoms with Gasteiger partial charge in [-0.1, -0.05) is 49.4 Å². The first kappa shape index (κ1) is 15.0. The summed E-state index contributed by atoms with van der Waals surface area (Å²) >= 11 is 0. The van der Waals surface area contributed by atoms with Crippen LogP contribution >= 0.6 is 0 Å². The highest BCUT2D eigenvalue weighted by Gasteiger charge is 2.09. The van der Waals surface area contributed by atoms with Crippen molar-refractivity contribution in [3.63, 3.8) is 0 Å². The smallest absolute Gasteiger partial charge is 0.0480 e. The van der Waals surface area contributed by atoms with Gasteiger partial charge in [-0.05, 0) is 42.6 Å². The molecule has 2 aromatic carbocycles. The first-order chi connectivity index (χ1) is 9.85. The van der Waals surface area contributed by atoms with Gasteiger partial charge in [0.05, 0.1) is 0 Å². The van der Waals surface area contributed by atoms with E-state index in [9.17, 15) is 0 Å². The molecule has 108 valence electrons. The molecule has 0 bridgehead atoms. The first-order valence-electron chi connectivity index (χ1n) is 7.56. The molecule has 2 rings (SSSR count). The van der Waals surface area contributed by atoms with Crippen molar-refractivity contribution >= 4 is 10.8 Å². The molecule has 1 unspecified atom stereocenters. The summed E-state index contributed by atoms with van der Waals surface area (Å²) in [4.78, 5) is 0. The van der Waals surface area contributed by atoms with Crippen molar-refractivity contribution in [3.8, 4) is 0 Å². The Morgan fingerprint density at radius 2 is 1.85 bits per heavy atom. The lowest BCUT2D eigenvalue weighted by Gasteiger charge is -2.17. The summed E-state index contributed by atoms with van der Waals surface area (Å²) in [5.74, 6) is 0. The monoisotopic (exact) mass is 271 g/mol. The Labute approximate surface area is 122 Å². The number of fused-ring (bicyclic) bond motifs is 1. The summed E-state index contributed by atoms with van der Waals surface area (Å²) in [6, 6.07) is 15.6. The van der Waals surface area contributed by atoms with Crippen LogP contribution in [0.15, 0.2) is 42.5 Å². The van der Waals surface area contributed by atoms with Crippen LogP contribution < -0.4 is 5.32 Å². The summed E-state index contributed by atoms with van der Waals surface area (Å²) in [5.41, 5.74) is 1.41. The van der Waals surface area contributed by atoms with Gasteiger partial charge >= 0.3 is 0 Å². The van der Waals surface area contributed by atoms with Gasteiger partial charge in [0.15, 0.2) is 0 Å². The van der Waals surface area contributed by atoms with Crippen molar-refractivity contribution < 1.29 is 4.74 Å². The zero-order valence-electron chi connectivity index (χ0n) is 12.6. The summed E-state index contributed by atoms with van der Waals surface area (Å²) < 4.78 is 5.60. The van der Waals surface area contributed by atoms with Crippen molar-refractivity contribution in [1.29, 1.82) is 0 Å². The van der Waals surface area contributed by atoms with Gasteiger partial charge < -0.3 is 10.1 Å². The molecule has 0 aromatic heterocycles. The van der Waals surface area contributed by atoms with Crippen LogP contribution in [0.2, 0.25) is 0 Å². The van der Waals surface area contributed by atoms with Crippen molar-refractivity contribution in [3.05, 3.63) is 48.0 Å². The number of benzene rings is 2. The zero-order chi connectivity index (χ0) is 14.2. The zero-order valence-corrected chi connectivity index (χ0v) is 12.6. The Kier molecular flexibility index (Phi) is 6.03. The average molecular weight is 271 g/mol. The van der Waals surface area contributed by atoms with Crippen molar-refractivity contribution in [2.75, 3.05) is 20.3 Å². The standard InChI is InChI=1S/C18H25NO/c1-3-12-20-13-11-17(19-2)14-16-9-6-8-15-7-4-5-10-18(15)16/h4-10,17,19H,3,11-14H2,1-2H3. The molecule has 0 heterocycles. The highest BCUT2D eigenvalue weighted by molar-refractivity contribution is 5.85. The molecule has 0 aliphatic heterocycles. The van der Waals surface area contributed by atoms with E-state index in [0.717, 1.165) is 32.5 Å². The molecular weight excluding hydrogens is 246 g/mol. The predicted octanol–water partition coefficient (Wildman–Crippen LogP) is 3.79. The van der Waals surface area contributed by atoms with Gasteiger partial charge in [-0.25, -0.2) is 0 Å². The van der Waals surface area contributed by atoms with Gasteiger partial charge in [0.2, 0.25) is 0 Å². The van der Waals surface area contributed by atoms with Gasteiger partial charge in [-0.2, -0.15) is 0 Å². The van der Waals surface area contributed by atoms with Crippen LogP contribution in [0.5, 0.6) is 0 Å². The average Bonchev–Trinajstić information content (AvgIpc) is 2.50. The third kappa shape index (κ3) is 4.06. The number of ether oxygens (including phenoxy) is 1. The van der Waals surface area contributed by atoms with E-state index in [-0.39, 0.29) is 0 Å². The van der Waals surface area contributed by atoms with E-state index in [0.29, 0.717) is 6.04 Å². The Morgan fingerprint density at radius 3 is 2.65 bits per heavy atom. The maximum atomic E-state index is 5.60. The molecule has 2 heteroatoms. The Balaban J connectivity index is 2.02. The molecular formula is C18H25NO. The third-order valence-corrected chi connectivity index (χ3v) is 3.71. The summed E-state index contributed by atoms with van der Waals surface area (Å²) in [5, 5.41) is 6.10. The number of rotatable bonds is 8. The van der Waals surface area contributed by atoms with Gasteiger partial charge in [0.25, 0.3) is 0 Å². The third-order valence-electron chi connectivity index (χ3n) is 3.71. The fourth-order valence-electron chi connectivity index (χ4n) is 2.56. The number of hydrogen-bond acceptors (Lipinski definition) is 2. The second-order valence-corrected chi connectivity index (χ2v) is 5.23. The lowest BCUT2D eigenvalue weighted by molar-refractivity contribution is 0.125. The van der Waals surface area contributed by atoms with E-state index >= 15 is 0 Å². The quantitative estimate of drug-likeness (QED) is 0.738. The second kappa shape index (κ2) is 8.03. The molecule has 0 amide bonds. The van der Waals surface area contributed by atoms with E-state index in [1.165, 1.54) is 16.3 Å². The highest BCUT2D eigenvalue weighted by atomic mass is 16.5. The Bertz CT molecular complexity index is 518. The fourth-order valence-corrected chi connectivity index (χ4v) is 2.56. The molecule has 2 aromatic rings. The van der Waals surface area contributed by atoms with Gasteiger partial charge in [-0.3, -0.25) is 0 Å². The van der Waals surface area contributed by atoms with Crippen LogP contribution in [0.3, 0.4) is 0 Å². The highest BCUT2D eigenvalue weighted by Crippen LogP contribution is 2.20. The minimum Gasteiger partial charge on any atom is -0.381 e. The van der Waals surface area contributed by atoms with Crippen LogP contribution in [0.25, 0.3) is 10.8 Å². The van der Waals surface area contributed by atoms with E-state index in [1.807, 2.05) is 7.05 Å². The minimum absolute atomic E-state index is 0.470. The van der Waals surface area contributed by atoms with Crippen molar-refractivity contribution in [2.24, 2.45) is 0 Å². The fraction of sp³-hybridized carbons (Fsp3) is 0.444. The molecule has 2 nitrogen and oxygen atoms in total. The van der Waals surface area contributed by atoms with Crippen LogP contribution in [-0.2, 0) is 11.2 Å². The van der Waals surface area contributed by atoms with E-state index in [4.69, 9.17) is 4.74 Å². The predicted molar refractivity (Wildman–Crippen MR) is 86.2 cm³/mol. The number of hydrogen-bond donors (Lipinski definition) is 1. The van der Waals surface area contributed by atoms with E-state index in [2.05, 4.69) is 54.7 Å². The molecule has 1 atom stereocenters. The molecule has 0 aliphatic carbocycles. The van der Waals surface area contributed by atoms with Crippen LogP contribution in [-0.4, -0.2) is 26.3 Å². The van der Waals surface area contributed by atoms with Gasteiger partial charge in [0.1, 0.15) is 0 Å². The summed E-state index contributed by atoms with van der Waals surface area (Å²) in [7, 11) is 2.04. The SMILES string of the molecule is CCCOCCC(Cc1cccc2ccccc12)NC. The normalized spacial score (nSPS) is 12.7. The maximum absolute atomic E-state index is 5.60. The lowest BCUT2D eigenvalue weighted by atomic mass is 9.97. The van der Waals surface area contributed by atoms with Crippen molar-refractivity contribution in [1.82, 2.24) is 5.32 Å². The largest absolute Gasteiger partial charge is 0.381 e. The minimum atomic E-state index is 0.470. The Hall–Kier alpha value is -1.38. The van der Waals surface area contributed by atoms with Gasteiger partial charge in [0, 0.05) is 19.3 Å². The second-order valence-electron chi connectivity index (χ2n) is 5.23. The molecule has 0 spiro atoms.